The fourth-order valence-corrected chi connectivity index (χ4v) is 4.22. The molecule has 0 spiro atoms. The second kappa shape index (κ2) is 7.86. The number of benzene rings is 1. The van der Waals surface area contributed by atoms with Crippen LogP contribution < -0.4 is 9.64 Å². The highest BCUT2D eigenvalue weighted by Crippen LogP contribution is 2.30. The van der Waals surface area contributed by atoms with Crippen LogP contribution >= 0.6 is 0 Å². The molecule has 7 heteroatoms. The van der Waals surface area contributed by atoms with Crippen LogP contribution in [0.15, 0.2) is 24.3 Å². The topological polar surface area (TPSA) is 68.3 Å². The zero-order valence-electron chi connectivity index (χ0n) is 15.6. The summed E-state index contributed by atoms with van der Waals surface area (Å²) in [5.41, 5.74) is 0.806. The molecule has 0 aromatic heterocycles. The average molecular weight is 374 g/mol. The van der Waals surface area contributed by atoms with Gasteiger partial charge in [-0.15, -0.1) is 0 Å². The Morgan fingerprint density at radius 3 is 2.59 bits per heavy atom. The molecule has 3 heterocycles. The number of carbonyl (C=O) groups is 2. The van der Waals surface area contributed by atoms with E-state index in [1.54, 1.807) is 12.0 Å². The maximum Gasteiger partial charge on any atom is 0.228 e. The van der Waals surface area contributed by atoms with Crippen molar-refractivity contribution in [3.05, 3.63) is 24.3 Å². The maximum absolute atomic E-state index is 13.0. The van der Waals surface area contributed by atoms with Crippen molar-refractivity contribution < 1.29 is 23.8 Å². The highest BCUT2D eigenvalue weighted by atomic mass is 16.7. The summed E-state index contributed by atoms with van der Waals surface area (Å²) in [7, 11) is 1.61. The second-order valence-corrected chi connectivity index (χ2v) is 7.40. The van der Waals surface area contributed by atoms with Crippen LogP contribution in [0, 0.1) is 11.8 Å². The van der Waals surface area contributed by atoms with E-state index in [1.807, 2.05) is 29.2 Å². The molecule has 3 saturated heterocycles. The lowest BCUT2D eigenvalue weighted by molar-refractivity contribution is -0.143. The predicted molar refractivity (Wildman–Crippen MR) is 98.5 cm³/mol. The number of rotatable bonds is 4. The van der Waals surface area contributed by atoms with E-state index in [2.05, 4.69) is 0 Å². The number of carbonyl (C=O) groups excluding carboxylic acids is 2. The first-order valence-corrected chi connectivity index (χ1v) is 9.62. The van der Waals surface area contributed by atoms with Crippen LogP contribution in [0.1, 0.15) is 19.3 Å². The Morgan fingerprint density at radius 1 is 1.15 bits per heavy atom. The lowest BCUT2D eigenvalue weighted by Gasteiger charge is -2.35. The van der Waals surface area contributed by atoms with Gasteiger partial charge in [0, 0.05) is 37.7 Å². The number of anilines is 1. The third-order valence-electron chi connectivity index (χ3n) is 5.66. The molecule has 2 amide bonds. The van der Waals surface area contributed by atoms with E-state index in [9.17, 15) is 9.59 Å². The van der Waals surface area contributed by atoms with Crippen molar-refractivity contribution in [2.45, 2.75) is 25.6 Å². The molecule has 0 bridgehead atoms. The molecule has 27 heavy (non-hydrogen) atoms. The first-order valence-electron chi connectivity index (χ1n) is 9.62. The van der Waals surface area contributed by atoms with Crippen LogP contribution in [0.3, 0.4) is 0 Å². The summed E-state index contributed by atoms with van der Waals surface area (Å²) in [6, 6.07) is 7.37. The van der Waals surface area contributed by atoms with E-state index in [0.29, 0.717) is 26.3 Å². The van der Waals surface area contributed by atoms with Crippen molar-refractivity contribution in [3.63, 3.8) is 0 Å². The average Bonchev–Trinajstić information content (AvgIpc) is 3.38. The Bertz CT molecular complexity index is 686. The summed E-state index contributed by atoms with van der Waals surface area (Å²) in [6.45, 7) is 3.08. The van der Waals surface area contributed by atoms with Crippen LogP contribution in [-0.2, 0) is 19.1 Å². The smallest absolute Gasteiger partial charge is 0.228 e. The van der Waals surface area contributed by atoms with Gasteiger partial charge in [-0.05, 0) is 37.1 Å². The van der Waals surface area contributed by atoms with E-state index in [0.717, 1.165) is 30.8 Å². The number of piperidine rings is 1. The Morgan fingerprint density at radius 2 is 1.89 bits per heavy atom. The van der Waals surface area contributed by atoms with Gasteiger partial charge < -0.3 is 24.0 Å². The van der Waals surface area contributed by atoms with E-state index in [1.165, 1.54) is 0 Å². The number of nitrogens with zero attached hydrogens (tertiary/aromatic N) is 2. The van der Waals surface area contributed by atoms with Gasteiger partial charge in [0.25, 0.3) is 0 Å². The normalized spacial score (nSPS) is 26.6. The SMILES string of the molecule is COc1ccc(N2CC(C(=O)N3CCCC(C4OCCO4)C3)CC2=O)cc1. The molecule has 0 aliphatic carbocycles. The minimum atomic E-state index is -0.288. The number of methoxy groups -OCH3 is 1. The van der Waals surface area contributed by atoms with E-state index in [-0.39, 0.29) is 36.4 Å². The minimum absolute atomic E-state index is 0.00506. The summed E-state index contributed by atoms with van der Waals surface area (Å²) in [4.78, 5) is 29.1. The Balaban J connectivity index is 1.39. The molecule has 2 atom stereocenters. The molecule has 4 rings (SSSR count). The van der Waals surface area contributed by atoms with E-state index < -0.39 is 0 Å². The molecule has 2 unspecified atom stereocenters. The summed E-state index contributed by atoms with van der Waals surface area (Å²) < 4.78 is 16.4. The number of likely N-dealkylation sites (tertiary alicyclic amines) is 1. The third-order valence-corrected chi connectivity index (χ3v) is 5.66. The van der Waals surface area contributed by atoms with Crippen LogP contribution in [0.5, 0.6) is 5.75 Å². The molecule has 0 radical (unpaired) electrons. The fraction of sp³-hybridized carbons (Fsp3) is 0.600. The highest BCUT2D eigenvalue weighted by Gasteiger charge is 2.40. The quantitative estimate of drug-likeness (QED) is 0.802. The lowest BCUT2D eigenvalue weighted by Crippen LogP contribution is -2.46. The largest absolute Gasteiger partial charge is 0.497 e. The van der Waals surface area contributed by atoms with Crippen LogP contribution in [0.2, 0.25) is 0 Å². The van der Waals surface area contributed by atoms with Crippen LogP contribution in [0.4, 0.5) is 5.69 Å². The molecule has 1 aromatic rings. The number of amides is 2. The number of hydrogen-bond acceptors (Lipinski definition) is 5. The first-order chi connectivity index (χ1) is 13.2. The number of ether oxygens (including phenoxy) is 3. The van der Waals surface area contributed by atoms with E-state index in [4.69, 9.17) is 14.2 Å². The third kappa shape index (κ3) is 3.80. The standard InChI is InChI=1S/C20H26N2O5/c1-25-17-6-4-16(5-7-17)22-13-15(11-18(22)23)19(24)21-8-2-3-14(12-21)20-26-9-10-27-20/h4-7,14-15,20H,2-3,8-13H2,1H3. The Hall–Kier alpha value is -2.12. The minimum Gasteiger partial charge on any atom is -0.497 e. The molecule has 1 aromatic carbocycles. The van der Waals surface area contributed by atoms with Crippen molar-refractivity contribution >= 4 is 17.5 Å². The van der Waals surface area contributed by atoms with Crippen molar-refractivity contribution in [1.82, 2.24) is 4.90 Å². The predicted octanol–water partition coefficient (Wildman–Crippen LogP) is 1.66. The molecular formula is C20H26N2O5. The zero-order valence-corrected chi connectivity index (χ0v) is 15.6. The van der Waals surface area contributed by atoms with Gasteiger partial charge in [-0.25, -0.2) is 0 Å². The summed E-state index contributed by atoms with van der Waals surface area (Å²) in [6.07, 6.45) is 2.03. The Labute approximate surface area is 159 Å². The molecule has 146 valence electrons. The molecule has 7 nitrogen and oxygen atoms in total. The van der Waals surface area contributed by atoms with Gasteiger partial charge in [0.05, 0.1) is 26.2 Å². The van der Waals surface area contributed by atoms with Gasteiger partial charge in [0.2, 0.25) is 11.8 Å². The fourth-order valence-electron chi connectivity index (χ4n) is 4.22. The van der Waals surface area contributed by atoms with Crippen molar-refractivity contribution in [3.8, 4) is 5.75 Å². The molecule has 0 N–H and O–H groups in total. The Kier molecular flexibility index (Phi) is 5.31. The lowest BCUT2D eigenvalue weighted by atomic mass is 9.95. The molecular weight excluding hydrogens is 348 g/mol. The monoisotopic (exact) mass is 374 g/mol. The van der Waals surface area contributed by atoms with Gasteiger partial charge >= 0.3 is 0 Å². The zero-order chi connectivity index (χ0) is 18.8. The van der Waals surface area contributed by atoms with Gasteiger partial charge in [-0.3, -0.25) is 9.59 Å². The van der Waals surface area contributed by atoms with Crippen LogP contribution in [-0.4, -0.2) is 63.0 Å². The van der Waals surface area contributed by atoms with Gasteiger partial charge in [-0.2, -0.15) is 0 Å². The highest BCUT2D eigenvalue weighted by molar-refractivity contribution is 6.00. The number of hydrogen-bond donors (Lipinski definition) is 0. The summed E-state index contributed by atoms with van der Waals surface area (Å²) >= 11 is 0. The molecule has 3 fully saturated rings. The summed E-state index contributed by atoms with van der Waals surface area (Å²) in [5.74, 6) is 0.745. The summed E-state index contributed by atoms with van der Waals surface area (Å²) in [5, 5.41) is 0. The van der Waals surface area contributed by atoms with E-state index >= 15 is 0 Å². The van der Waals surface area contributed by atoms with Gasteiger partial charge in [0.1, 0.15) is 5.75 Å². The molecule has 0 saturated carbocycles. The second-order valence-electron chi connectivity index (χ2n) is 7.40. The maximum atomic E-state index is 13.0. The first kappa shape index (κ1) is 18.3. The van der Waals surface area contributed by atoms with Crippen molar-refractivity contribution in [2.75, 3.05) is 44.9 Å². The van der Waals surface area contributed by atoms with Crippen molar-refractivity contribution in [2.24, 2.45) is 11.8 Å². The van der Waals surface area contributed by atoms with Gasteiger partial charge in [0.15, 0.2) is 6.29 Å². The van der Waals surface area contributed by atoms with Gasteiger partial charge in [-0.1, -0.05) is 0 Å². The van der Waals surface area contributed by atoms with Crippen LogP contribution in [0.25, 0.3) is 0 Å². The van der Waals surface area contributed by atoms with Crippen molar-refractivity contribution in [1.29, 1.82) is 0 Å². The molecule has 3 aliphatic rings. The molecule has 3 aliphatic heterocycles.